The number of piperidine rings is 1. The SMILES string of the molecule is CC[C@H](c1ccc(F)cc1)N1CCC[C@@H](NS(C)(=O)=O)C1. The Bertz CT molecular complexity index is 560. The summed E-state index contributed by atoms with van der Waals surface area (Å²) >= 11 is 0. The first kappa shape index (κ1) is 16.4. The molecule has 0 aromatic heterocycles. The predicted molar refractivity (Wildman–Crippen MR) is 82.0 cm³/mol. The van der Waals surface area contributed by atoms with Crippen molar-refractivity contribution in [2.24, 2.45) is 0 Å². The van der Waals surface area contributed by atoms with Crippen LogP contribution in [-0.4, -0.2) is 38.7 Å². The minimum absolute atomic E-state index is 0.0387. The molecule has 0 aliphatic carbocycles. The summed E-state index contributed by atoms with van der Waals surface area (Å²) in [7, 11) is -3.18. The molecular formula is C15H23FN2O2S. The van der Waals surface area contributed by atoms with E-state index < -0.39 is 10.0 Å². The third-order valence-corrected chi connectivity index (χ3v) is 4.68. The number of likely N-dealkylation sites (tertiary alicyclic amines) is 1. The van der Waals surface area contributed by atoms with Crippen LogP contribution in [0.4, 0.5) is 4.39 Å². The summed E-state index contributed by atoms with van der Waals surface area (Å²) in [6, 6.07) is 6.76. The zero-order valence-corrected chi connectivity index (χ0v) is 13.4. The van der Waals surface area contributed by atoms with Crippen molar-refractivity contribution in [1.29, 1.82) is 0 Å². The van der Waals surface area contributed by atoms with Crippen LogP contribution in [0.2, 0.25) is 0 Å². The van der Waals surface area contributed by atoms with Gasteiger partial charge in [0.15, 0.2) is 0 Å². The van der Waals surface area contributed by atoms with E-state index in [2.05, 4.69) is 16.5 Å². The van der Waals surface area contributed by atoms with Crippen molar-refractivity contribution in [3.8, 4) is 0 Å². The number of rotatable bonds is 5. The standard InChI is InChI=1S/C15H23FN2O2S/c1-3-15(12-6-8-13(16)9-7-12)18-10-4-5-14(11-18)17-21(2,19)20/h6-9,14-15,17H,3-5,10-11H2,1-2H3/t14-,15-/m1/s1. The van der Waals surface area contributed by atoms with Gasteiger partial charge in [-0.2, -0.15) is 0 Å². The second-order valence-corrected chi connectivity index (χ2v) is 7.48. The molecule has 0 bridgehead atoms. The minimum Gasteiger partial charge on any atom is -0.295 e. The molecule has 1 fully saturated rings. The average molecular weight is 314 g/mol. The molecule has 1 heterocycles. The van der Waals surface area contributed by atoms with E-state index in [4.69, 9.17) is 0 Å². The fourth-order valence-electron chi connectivity index (χ4n) is 3.08. The fraction of sp³-hybridized carbons (Fsp3) is 0.600. The molecular weight excluding hydrogens is 291 g/mol. The molecule has 6 heteroatoms. The summed E-state index contributed by atoms with van der Waals surface area (Å²) in [5.41, 5.74) is 1.08. The molecule has 0 spiro atoms. The van der Waals surface area contributed by atoms with E-state index in [0.29, 0.717) is 6.54 Å². The molecule has 0 amide bonds. The van der Waals surface area contributed by atoms with Crippen molar-refractivity contribution in [2.75, 3.05) is 19.3 Å². The van der Waals surface area contributed by atoms with Crippen LogP contribution >= 0.6 is 0 Å². The van der Waals surface area contributed by atoms with Crippen molar-refractivity contribution in [3.63, 3.8) is 0 Å². The Morgan fingerprint density at radius 2 is 2.05 bits per heavy atom. The first-order chi connectivity index (χ1) is 9.89. The maximum Gasteiger partial charge on any atom is 0.208 e. The molecule has 2 atom stereocenters. The maximum atomic E-state index is 13.1. The molecule has 1 aromatic carbocycles. The number of nitrogens with zero attached hydrogens (tertiary/aromatic N) is 1. The van der Waals surface area contributed by atoms with E-state index in [1.807, 2.05) is 12.1 Å². The lowest BCUT2D eigenvalue weighted by atomic mass is 9.98. The van der Waals surface area contributed by atoms with Crippen LogP contribution in [0, 0.1) is 5.82 Å². The van der Waals surface area contributed by atoms with Gasteiger partial charge in [-0.3, -0.25) is 4.90 Å². The van der Waals surface area contributed by atoms with Gasteiger partial charge in [-0.15, -0.1) is 0 Å². The lowest BCUT2D eigenvalue weighted by Gasteiger charge is -2.38. The molecule has 118 valence electrons. The lowest BCUT2D eigenvalue weighted by Crippen LogP contribution is -2.48. The van der Waals surface area contributed by atoms with Crippen LogP contribution < -0.4 is 4.72 Å². The van der Waals surface area contributed by atoms with E-state index in [1.54, 1.807) is 0 Å². The number of halogens is 1. The number of nitrogens with one attached hydrogen (secondary N) is 1. The number of hydrogen-bond acceptors (Lipinski definition) is 3. The van der Waals surface area contributed by atoms with Crippen molar-refractivity contribution < 1.29 is 12.8 Å². The summed E-state index contributed by atoms with van der Waals surface area (Å²) in [5.74, 6) is -0.233. The van der Waals surface area contributed by atoms with Gasteiger partial charge in [-0.1, -0.05) is 19.1 Å². The zero-order valence-electron chi connectivity index (χ0n) is 12.5. The van der Waals surface area contributed by atoms with Gasteiger partial charge in [0.05, 0.1) is 6.26 Å². The first-order valence-corrected chi connectivity index (χ1v) is 9.25. The Hall–Kier alpha value is -0.980. The maximum absolute atomic E-state index is 13.1. The largest absolute Gasteiger partial charge is 0.295 e. The van der Waals surface area contributed by atoms with Gasteiger partial charge < -0.3 is 0 Å². The number of benzene rings is 1. The Balaban J connectivity index is 2.09. The third-order valence-electron chi connectivity index (χ3n) is 3.92. The van der Waals surface area contributed by atoms with E-state index >= 15 is 0 Å². The van der Waals surface area contributed by atoms with Crippen molar-refractivity contribution in [3.05, 3.63) is 35.6 Å². The zero-order chi connectivity index (χ0) is 15.5. The molecule has 1 aliphatic rings. The molecule has 1 aliphatic heterocycles. The molecule has 0 unspecified atom stereocenters. The van der Waals surface area contributed by atoms with Gasteiger partial charge in [0.1, 0.15) is 5.82 Å². The molecule has 1 aromatic rings. The Kier molecular flexibility index (Phi) is 5.35. The minimum atomic E-state index is -3.18. The van der Waals surface area contributed by atoms with Crippen LogP contribution in [0.3, 0.4) is 0 Å². The van der Waals surface area contributed by atoms with Crippen molar-refractivity contribution >= 4 is 10.0 Å². The molecule has 2 rings (SSSR count). The summed E-state index contributed by atoms with van der Waals surface area (Å²) in [6.45, 7) is 3.74. The van der Waals surface area contributed by atoms with Crippen LogP contribution in [-0.2, 0) is 10.0 Å². The number of sulfonamides is 1. The Morgan fingerprint density at radius 1 is 1.38 bits per heavy atom. The van der Waals surface area contributed by atoms with E-state index in [0.717, 1.165) is 31.4 Å². The quantitative estimate of drug-likeness (QED) is 0.907. The monoisotopic (exact) mass is 314 g/mol. The fourth-order valence-corrected chi connectivity index (χ4v) is 3.88. The summed E-state index contributed by atoms with van der Waals surface area (Å²) < 4.78 is 38.5. The molecule has 1 saturated heterocycles. The highest BCUT2D eigenvalue weighted by Gasteiger charge is 2.27. The molecule has 0 saturated carbocycles. The molecule has 1 N–H and O–H groups in total. The first-order valence-electron chi connectivity index (χ1n) is 7.36. The second kappa shape index (κ2) is 6.85. The smallest absolute Gasteiger partial charge is 0.208 e. The van der Waals surface area contributed by atoms with Crippen LogP contribution in [0.1, 0.15) is 37.8 Å². The van der Waals surface area contributed by atoms with E-state index in [-0.39, 0.29) is 17.9 Å². The van der Waals surface area contributed by atoms with Gasteiger partial charge in [0.2, 0.25) is 10.0 Å². The van der Waals surface area contributed by atoms with Crippen molar-refractivity contribution in [1.82, 2.24) is 9.62 Å². The van der Waals surface area contributed by atoms with Gasteiger partial charge >= 0.3 is 0 Å². The van der Waals surface area contributed by atoms with Gasteiger partial charge in [-0.25, -0.2) is 17.5 Å². The van der Waals surface area contributed by atoms with Crippen LogP contribution in [0.15, 0.2) is 24.3 Å². The van der Waals surface area contributed by atoms with Gasteiger partial charge in [-0.05, 0) is 43.5 Å². The summed E-state index contributed by atoms with van der Waals surface area (Å²) in [5, 5.41) is 0. The Morgan fingerprint density at radius 3 is 2.62 bits per heavy atom. The molecule has 21 heavy (non-hydrogen) atoms. The predicted octanol–water partition coefficient (Wildman–Crippen LogP) is 2.29. The van der Waals surface area contributed by atoms with Crippen LogP contribution in [0.25, 0.3) is 0 Å². The van der Waals surface area contributed by atoms with E-state index in [1.165, 1.54) is 18.4 Å². The summed E-state index contributed by atoms with van der Waals surface area (Å²) in [4.78, 5) is 2.29. The molecule has 4 nitrogen and oxygen atoms in total. The van der Waals surface area contributed by atoms with Crippen molar-refractivity contribution in [2.45, 2.75) is 38.3 Å². The third kappa shape index (κ3) is 4.76. The Labute approximate surface area is 126 Å². The normalized spacial score (nSPS) is 22.1. The highest BCUT2D eigenvalue weighted by Crippen LogP contribution is 2.27. The molecule has 0 radical (unpaired) electrons. The van der Waals surface area contributed by atoms with E-state index in [9.17, 15) is 12.8 Å². The summed E-state index contributed by atoms with van der Waals surface area (Å²) in [6.07, 6.45) is 3.94. The van der Waals surface area contributed by atoms with Crippen LogP contribution in [0.5, 0.6) is 0 Å². The lowest BCUT2D eigenvalue weighted by molar-refractivity contribution is 0.140. The highest BCUT2D eigenvalue weighted by molar-refractivity contribution is 7.88. The highest BCUT2D eigenvalue weighted by atomic mass is 32.2. The topological polar surface area (TPSA) is 49.4 Å². The number of hydrogen-bond donors (Lipinski definition) is 1. The van der Waals surface area contributed by atoms with Gasteiger partial charge in [0.25, 0.3) is 0 Å². The van der Waals surface area contributed by atoms with Gasteiger partial charge in [0, 0.05) is 18.6 Å². The average Bonchev–Trinajstić information content (AvgIpc) is 2.40. The second-order valence-electron chi connectivity index (χ2n) is 5.70.